The van der Waals surface area contributed by atoms with Crippen molar-refractivity contribution in [2.45, 2.75) is 11.3 Å². The highest BCUT2D eigenvalue weighted by Crippen LogP contribution is 2.35. The number of hydrogen-bond donors (Lipinski definition) is 0. The molecule has 2 amide bonds. The number of aromatic nitrogens is 2. The highest BCUT2D eigenvalue weighted by molar-refractivity contribution is 8.00. The van der Waals surface area contributed by atoms with Crippen LogP contribution in [0.4, 0.5) is 17.3 Å². The lowest BCUT2D eigenvalue weighted by Crippen LogP contribution is -2.45. The van der Waals surface area contributed by atoms with E-state index in [1.165, 1.54) is 11.8 Å². The van der Waals surface area contributed by atoms with E-state index < -0.39 is 0 Å². The van der Waals surface area contributed by atoms with E-state index in [1.807, 2.05) is 60.5 Å². The molecule has 2 aromatic carbocycles. The number of para-hydroxylation sites is 3. The molecule has 30 heavy (non-hydrogen) atoms. The summed E-state index contributed by atoms with van der Waals surface area (Å²) in [5.74, 6) is 1.40. The Kier molecular flexibility index (Phi) is 4.78. The van der Waals surface area contributed by atoms with Crippen LogP contribution in [0.5, 0.6) is 0 Å². The largest absolute Gasteiger partial charge is 0.357 e. The third kappa shape index (κ3) is 3.27. The number of rotatable bonds is 2. The highest BCUT2D eigenvalue weighted by Gasteiger charge is 2.31. The van der Waals surface area contributed by atoms with Gasteiger partial charge in [0.2, 0.25) is 11.8 Å². The Morgan fingerprint density at radius 1 is 1.00 bits per heavy atom. The summed E-state index contributed by atoms with van der Waals surface area (Å²) in [4.78, 5) is 41.9. The maximum Gasteiger partial charge on any atom is 0.248 e. The number of anilines is 3. The van der Waals surface area contributed by atoms with Gasteiger partial charge in [0, 0.05) is 25.0 Å². The molecule has 7 nitrogen and oxygen atoms in total. The molecule has 0 aliphatic carbocycles. The molecule has 0 radical (unpaired) electrons. The van der Waals surface area contributed by atoms with E-state index in [1.54, 1.807) is 9.80 Å². The maximum atomic E-state index is 13.4. The molecule has 5 rings (SSSR count). The summed E-state index contributed by atoms with van der Waals surface area (Å²) < 4.78 is 0. The number of benzene rings is 2. The fourth-order valence-corrected chi connectivity index (χ4v) is 4.82. The smallest absolute Gasteiger partial charge is 0.248 e. The van der Waals surface area contributed by atoms with Crippen molar-refractivity contribution in [2.75, 3.05) is 47.1 Å². The molecule has 0 saturated heterocycles. The molecule has 0 spiro atoms. The molecular formula is C22H21N5O2S. The number of nitrogens with zero attached hydrogens (tertiary/aromatic N) is 5. The van der Waals surface area contributed by atoms with Gasteiger partial charge in [0.1, 0.15) is 6.54 Å². The molecule has 2 aliphatic rings. The van der Waals surface area contributed by atoms with Gasteiger partial charge in [-0.15, -0.1) is 11.8 Å². The first-order chi connectivity index (χ1) is 14.6. The number of fused-ring (bicyclic) bond motifs is 3. The van der Waals surface area contributed by atoms with Crippen LogP contribution in [0.3, 0.4) is 0 Å². The number of hydrogen-bond acceptors (Lipinski definition) is 6. The van der Waals surface area contributed by atoms with Crippen LogP contribution in [-0.4, -0.2) is 54.2 Å². The molecule has 8 heteroatoms. The van der Waals surface area contributed by atoms with Crippen molar-refractivity contribution < 1.29 is 9.59 Å². The Morgan fingerprint density at radius 3 is 2.50 bits per heavy atom. The average molecular weight is 420 g/mol. The van der Waals surface area contributed by atoms with Gasteiger partial charge in [0.25, 0.3) is 0 Å². The number of carbonyl (C=O) groups is 2. The minimum atomic E-state index is -0.147. The Hall–Kier alpha value is -3.13. The summed E-state index contributed by atoms with van der Waals surface area (Å²) in [6.45, 7) is 1.32. The van der Waals surface area contributed by atoms with Crippen molar-refractivity contribution in [1.29, 1.82) is 0 Å². The number of amides is 2. The van der Waals surface area contributed by atoms with E-state index in [0.717, 1.165) is 34.6 Å². The van der Waals surface area contributed by atoms with Crippen molar-refractivity contribution in [2.24, 2.45) is 0 Å². The molecular weight excluding hydrogens is 398 g/mol. The van der Waals surface area contributed by atoms with Gasteiger partial charge in [-0.2, -0.15) is 0 Å². The zero-order valence-electron chi connectivity index (χ0n) is 16.6. The summed E-state index contributed by atoms with van der Waals surface area (Å²) in [5, 5.41) is 0. The lowest BCUT2D eigenvalue weighted by Gasteiger charge is -2.30. The summed E-state index contributed by atoms with van der Waals surface area (Å²) >= 11 is 1.51. The third-order valence-electron chi connectivity index (χ3n) is 5.43. The zero-order valence-corrected chi connectivity index (χ0v) is 17.4. The highest BCUT2D eigenvalue weighted by atomic mass is 32.2. The van der Waals surface area contributed by atoms with Crippen LogP contribution in [0.15, 0.2) is 53.4 Å². The van der Waals surface area contributed by atoms with E-state index >= 15 is 0 Å². The molecule has 152 valence electrons. The standard InChI is InChI=1S/C22H21N5O2S/c1-25-11-6-12-26(22-21(25)23-15-7-2-3-8-16(15)24-22)19(28)13-27-17-9-4-5-10-18(17)30-14-20(27)29/h2-5,7-10H,6,11-14H2,1H3. The van der Waals surface area contributed by atoms with Gasteiger partial charge in [-0.05, 0) is 30.7 Å². The summed E-state index contributed by atoms with van der Waals surface area (Å²) in [6, 6.07) is 15.4. The van der Waals surface area contributed by atoms with E-state index in [-0.39, 0.29) is 18.4 Å². The first kappa shape index (κ1) is 18.9. The molecule has 0 fully saturated rings. The van der Waals surface area contributed by atoms with Gasteiger partial charge >= 0.3 is 0 Å². The van der Waals surface area contributed by atoms with E-state index in [0.29, 0.717) is 23.9 Å². The fourth-order valence-electron chi connectivity index (χ4n) is 3.89. The van der Waals surface area contributed by atoms with Crippen LogP contribution < -0.4 is 14.7 Å². The molecule has 0 N–H and O–H groups in total. The topological polar surface area (TPSA) is 69.6 Å². The van der Waals surface area contributed by atoms with Crippen LogP contribution in [0, 0.1) is 0 Å². The molecule has 1 aromatic heterocycles. The third-order valence-corrected chi connectivity index (χ3v) is 6.48. The number of thioether (sulfide) groups is 1. The number of carbonyl (C=O) groups excluding carboxylic acids is 2. The molecule has 3 aromatic rings. The van der Waals surface area contributed by atoms with Crippen molar-refractivity contribution in [3.8, 4) is 0 Å². The predicted octanol–water partition coefficient (Wildman–Crippen LogP) is 2.94. The van der Waals surface area contributed by atoms with Gasteiger partial charge in [0.15, 0.2) is 11.6 Å². The van der Waals surface area contributed by atoms with Gasteiger partial charge in [-0.25, -0.2) is 9.97 Å². The molecule has 0 atom stereocenters. The predicted molar refractivity (Wildman–Crippen MR) is 119 cm³/mol. The second-order valence-corrected chi connectivity index (χ2v) is 8.43. The molecule has 2 aliphatic heterocycles. The van der Waals surface area contributed by atoms with Crippen LogP contribution in [-0.2, 0) is 9.59 Å². The zero-order chi connectivity index (χ0) is 20.7. The average Bonchev–Trinajstić information content (AvgIpc) is 2.93. The quantitative estimate of drug-likeness (QED) is 0.636. The normalized spacial score (nSPS) is 16.3. The summed E-state index contributed by atoms with van der Waals surface area (Å²) in [7, 11) is 1.97. The van der Waals surface area contributed by atoms with Gasteiger partial charge < -0.3 is 9.80 Å². The van der Waals surface area contributed by atoms with Crippen molar-refractivity contribution in [3.63, 3.8) is 0 Å². The lowest BCUT2D eigenvalue weighted by molar-refractivity contribution is -0.121. The van der Waals surface area contributed by atoms with Crippen LogP contribution in [0.1, 0.15) is 6.42 Å². The van der Waals surface area contributed by atoms with Crippen molar-refractivity contribution >= 4 is 51.9 Å². The van der Waals surface area contributed by atoms with Crippen molar-refractivity contribution in [3.05, 3.63) is 48.5 Å². The Labute approximate surface area is 178 Å². The monoisotopic (exact) mass is 419 g/mol. The second kappa shape index (κ2) is 7.60. The maximum absolute atomic E-state index is 13.4. The fraction of sp³-hybridized carbons (Fsp3) is 0.273. The lowest BCUT2D eigenvalue weighted by atomic mass is 10.2. The van der Waals surface area contributed by atoms with E-state index in [4.69, 9.17) is 9.97 Å². The molecule has 0 saturated carbocycles. The van der Waals surface area contributed by atoms with Crippen LogP contribution >= 0.6 is 11.8 Å². The van der Waals surface area contributed by atoms with Gasteiger partial charge in [-0.1, -0.05) is 24.3 Å². The molecule has 3 heterocycles. The first-order valence-electron chi connectivity index (χ1n) is 9.92. The molecule has 0 bridgehead atoms. The van der Waals surface area contributed by atoms with Crippen LogP contribution in [0.25, 0.3) is 11.0 Å². The first-order valence-corrected chi connectivity index (χ1v) is 10.9. The second-order valence-electron chi connectivity index (χ2n) is 7.42. The van der Waals surface area contributed by atoms with Gasteiger partial charge in [0.05, 0.1) is 22.5 Å². The van der Waals surface area contributed by atoms with Gasteiger partial charge in [-0.3, -0.25) is 14.5 Å². The minimum Gasteiger partial charge on any atom is -0.357 e. The molecule has 0 unspecified atom stereocenters. The Balaban J connectivity index is 1.51. The minimum absolute atomic E-state index is 0.00589. The van der Waals surface area contributed by atoms with Crippen LogP contribution in [0.2, 0.25) is 0 Å². The van der Waals surface area contributed by atoms with E-state index in [2.05, 4.69) is 0 Å². The SMILES string of the molecule is CN1CCCN(C(=O)CN2C(=O)CSc3ccccc32)c2nc3ccccc3nc21. The summed E-state index contributed by atoms with van der Waals surface area (Å²) in [6.07, 6.45) is 0.803. The summed E-state index contributed by atoms with van der Waals surface area (Å²) in [5.41, 5.74) is 2.35. The van der Waals surface area contributed by atoms with E-state index in [9.17, 15) is 9.59 Å². The van der Waals surface area contributed by atoms with Crippen molar-refractivity contribution in [1.82, 2.24) is 9.97 Å². The Bertz CT molecular complexity index is 1150. The Morgan fingerprint density at radius 2 is 1.70 bits per heavy atom.